The summed E-state index contributed by atoms with van der Waals surface area (Å²) in [7, 11) is 0. The molecular formula is C18H30BrN. The van der Waals surface area contributed by atoms with Gasteiger partial charge in [0.15, 0.2) is 0 Å². The van der Waals surface area contributed by atoms with Crippen molar-refractivity contribution in [3.63, 3.8) is 0 Å². The van der Waals surface area contributed by atoms with Crippen molar-refractivity contribution in [2.45, 2.75) is 65.3 Å². The fraction of sp³-hybridized carbons (Fsp3) is 0.667. The van der Waals surface area contributed by atoms with Crippen molar-refractivity contribution < 1.29 is 0 Å². The predicted octanol–water partition coefficient (Wildman–Crippen LogP) is 5.75. The van der Waals surface area contributed by atoms with E-state index in [4.69, 9.17) is 0 Å². The molecule has 1 nitrogen and oxygen atoms in total. The minimum absolute atomic E-state index is 0.179. The molecule has 0 aliphatic heterocycles. The molecule has 0 saturated heterocycles. The zero-order valence-electron chi connectivity index (χ0n) is 13.7. The molecule has 20 heavy (non-hydrogen) atoms. The zero-order chi connectivity index (χ0) is 15.2. The Bertz CT molecular complexity index is 391. The predicted molar refractivity (Wildman–Crippen MR) is 93.3 cm³/mol. The van der Waals surface area contributed by atoms with Crippen LogP contribution in [0.1, 0.15) is 65.4 Å². The summed E-state index contributed by atoms with van der Waals surface area (Å²) in [5, 5.41) is 3.68. The Morgan fingerprint density at radius 3 is 2.30 bits per heavy atom. The van der Waals surface area contributed by atoms with E-state index in [1.165, 1.54) is 29.3 Å². The van der Waals surface area contributed by atoms with Crippen molar-refractivity contribution in [1.82, 2.24) is 5.32 Å². The Morgan fingerprint density at radius 1 is 1.15 bits per heavy atom. The Labute approximate surface area is 133 Å². The summed E-state index contributed by atoms with van der Waals surface area (Å²) in [6, 6.07) is 8.80. The highest BCUT2D eigenvalue weighted by Gasteiger charge is 2.19. The first kappa shape index (κ1) is 17.7. The Balaban J connectivity index is 2.83. The van der Waals surface area contributed by atoms with Crippen molar-refractivity contribution in [1.29, 1.82) is 0 Å². The van der Waals surface area contributed by atoms with E-state index in [1.807, 2.05) is 0 Å². The monoisotopic (exact) mass is 339 g/mol. The first-order valence-electron chi connectivity index (χ1n) is 7.86. The van der Waals surface area contributed by atoms with E-state index in [-0.39, 0.29) is 5.54 Å². The third-order valence-electron chi connectivity index (χ3n) is 3.97. The lowest BCUT2D eigenvalue weighted by Crippen LogP contribution is -2.38. The summed E-state index contributed by atoms with van der Waals surface area (Å²) < 4.78 is 1.18. The fourth-order valence-electron chi connectivity index (χ4n) is 2.55. The topological polar surface area (TPSA) is 12.0 Å². The van der Waals surface area contributed by atoms with E-state index in [9.17, 15) is 0 Å². The van der Waals surface area contributed by atoms with Crippen LogP contribution in [0.4, 0.5) is 0 Å². The van der Waals surface area contributed by atoms with Gasteiger partial charge in [-0.2, -0.15) is 0 Å². The van der Waals surface area contributed by atoms with Gasteiger partial charge in [-0.05, 0) is 56.7 Å². The molecule has 0 bridgehead atoms. The molecule has 0 aliphatic carbocycles. The molecular weight excluding hydrogens is 310 g/mol. The first-order chi connectivity index (χ1) is 9.35. The minimum atomic E-state index is 0.179. The van der Waals surface area contributed by atoms with Crippen LogP contribution in [0.3, 0.4) is 0 Å². The van der Waals surface area contributed by atoms with Crippen LogP contribution in [0.15, 0.2) is 28.7 Å². The van der Waals surface area contributed by atoms with Crippen LogP contribution in [0.5, 0.6) is 0 Å². The number of halogens is 1. The summed E-state index contributed by atoms with van der Waals surface area (Å²) in [5.74, 6) is 1.41. The SMILES string of the molecule is CCC(CC)CC(CNC(C)(C)C)c1cccc(Br)c1. The highest BCUT2D eigenvalue weighted by Crippen LogP contribution is 2.29. The number of hydrogen-bond acceptors (Lipinski definition) is 1. The molecule has 1 rings (SSSR count). The summed E-state index contributed by atoms with van der Waals surface area (Å²) in [5.41, 5.74) is 1.63. The van der Waals surface area contributed by atoms with Crippen LogP contribution in [-0.2, 0) is 0 Å². The second-order valence-electron chi connectivity index (χ2n) is 6.80. The van der Waals surface area contributed by atoms with E-state index >= 15 is 0 Å². The van der Waals surface area contributed by atoms with Gasteiger partial charge in [0.05, 0.1) is 0 Å². The van der Waals surface area contributed by atoms with E-state index in [0.717, 1.165) is 12.5 Å². The maximum absolute atomic E-state index is 3.68. The molecule has 1 aromatic rings. The van der Waals surface area contributed by atoms with E-state index in [2.05, 4.69) is 80.1 Å². The molecule has 2 heteroatoms. The summed E-state index contributed by atoms with van der Waals surface area (Å²) in [4.78, 5) is 0. The van der Waals surface area contributed by atoms with Crippen LogP contribution in [-0.4, -0.2) is 12.1 Å². The van der Waals surface area contributed by atoms with Crippen LogP contribution in [0.25, 0.3) is 0 Å². The molecule has 0 amide bonds. The normalized spacial score (nSPS) is 13.8. The van der Waals surface area contributed by atoms with Gasteiger partial charge in [0.25, 0.3) is 0 Å². The Hall–Kier alpha value is -0.340. The van der Waals surface area contributed by atoms with E-state index < -0.39 is 0 Å². The lowest BCUT2D eigenvalue weighted by atomic mass is 9.85. The number of nitrogens with one attached hydrogen (secondary N) is 1. The van der Waals surface area contributed by atoms with Gasteiger partial charge in [-0.1, -0.05) is 54.8 Å². The molecule has 0 heterocycles. The lowest BCUT2D eigenvalue weighted by molar-refractivity contribution is 0.356. The van der Waals surface area contributed by atoms with Gasteiger partial charge in [-0.25, -0.2) is 0 Å². The quantitative estimate of drug-likeness (QED) is 0.667. The number of benzene rings is 1. The summed E-state index contributed by atoms with van der Waals surface area (Å²) in [6.45, 7) is 12.4. The van der Waals surface area contributed by atoms with Gasteiger partial charge < -0.3 is 5.32 Å². The first-order valence-corrected chi connectivity index (χ1v) is 8.65. The van der Waals surface area contributed by atoms with Gasteiger partial charge in [-0.3, -0.25) is 0 Å². The minimum Gasteiger partial charge on any atom is -0.311 e. The fourth-order valence-corrected chi connectivity index (χ4v) is 2.97. The van der Waals surface area contributed by atoms with Gasteiger partial charge in [-0.15, -0.1) is 0 Å². The highest BCUT2D eigenvalue weighted by atomic mass is 79.9. The van der Waals surface area contributed by atoms with E-state index in [1.54, 1.807) is 0 Å². The molecule has 0 saturated carbocycles. The van der Waals surface area contributed by atoms with Crippen LogP contribution >= 0.6 is 15.9 Å². The van der Waals surface area contributed by atoms with Crippen molar-refractivity contribution in [3.8, 4) is 0 Å². The highest BCUT2D eigenvalue weighted by molar-refractivity contribution is 9.10. The summed E-state index contributed by atoms with van der Waals surface area (Å²) in [6.07, 6.45) is 3.82. The largest absolute Gasteiger partial charge is 0.311 e. The van der Waals surface area contributed by atoms with Crippen molar-refractivity contribution >= 4 is 15.9 Å². The Kier molecular flexibility index (Phi) is 7.25. The van der Waals surface area contributed by atoms with Crippen LogP contribution < -0.4 is 5.32 Å². The molecule has 1 atom stereocenters. The molecule has 0 aliphatic rings. The molecule has 0 spiro atoms. The summed E-state index contributed by atoms with van der Waals surface area (Å²) >= 11 is 3.60. The van der Waals surface area contributed by atoms with Crippen molar-refractivity contribution in [2.24, 2.45) is 5.92 Å². The standard InChI is InChI=1S/C18H30BrN/c1-6-14(7-2)11-16(13-20-18(3,4)5)15-9-8-10-17(19)12-15/h8-10,12,14,16,20H,6-7,11,13H2,1-5H3. The maximum atomic E-state index is 3.68. The average Bonchev–Trinajstić information content (AvgIpc) is 2.38. The third-order valence-corrected chi connectivity index (χ3v) is 4.46. The maximum Gasteiger partial charge on any atom is 0.0178 e. The second kappa shape index (κ2) is 8.19. The molecule has 0 fully saturated rings. The van der Waals surface area contributed by atoms with Gasteiger partial charge in [0, 0.05) is 16.6 Å². The molecule has 114 valence electrons. The van der Waals surface area contributed by atoms with Crippen LogP contribution in [0, 0.1) is 5.92 Å². The number of rotatable bonds is 7. The molecule has 0 radical (unpaired) electrons. The Morgan fingerprint density at radius 2 is 1.80 bits per heavy atom. The third kappa shape index (κ3) is 6.41. The smallest absolute Gasteiger partial charge is 0.0178 e. The average molecular weight is 340 g/mol. The lowest BCUT2D eigenvalue weighted by Gasteiger charge is -2.28. The van der Waals surface area contributed by atoms with Gasteiger partial charge in [0.2, 0.25) is 0 Å². The molecule has 1 unspecified atom stereocenters. The van der Waals surface area contributed by atoms with Crippen molar-refractivity contribution in [2.75, 3.05) is 6.54 Å². The van der Waals surface area contributed by atoms with E-state index in [0.29, 0.717) is 5.92 Å². The molecule has 1 aromatic carbocycles. The van der Waals surface area contributed by atoms with Crippen LogP contribution in [0.2, 0.25) is 0 Å². The molecule has 0 aromatic heterocycles. The zero-order valence-corrected chi connectivity index (χ0v) is 15.3. The van der Waals surface area contributed by atoms with Crippen molar-refractivity contribution in [3.05, 3.63) is 34.3 Å². The molecule has 1 N–H and O–H groups in total. The second-order valence-corrected chi connectivity index (χ2v) is 7.72. The number of hydrogen-bond donors (Lipinski definition) is 1. The van der Waals surface area contributed by atoms with Gasteiger partial charge in [0.1, 0.15) is 0 Å². The van der Waals surface area contributed by atoms with Gasteiger partial charge >= 0.3 is 0 Å².